The number of rotatable bonds is 0. The Hall–Kier alpha value is -0.570. The second kappa shape index (κ2) is 3.05. The molecule has 0 spiro atoms. The summed E-state index contributed by atoms with van der Waals surface area (Å²) < 4.78 is 1.14. The van der Waals surface area contributed by atoms with Crippen LogP contribution in [0, 0.1) is 0 Å². The molecule has 0 bridgehead atoms. The van der Waals surface area contributed by atoms with Crippen LogP contribution in [-0.4, -0.2) is 18.6 Å². The zero-order chi connectivity index (χ0) is 8.55. The summed E-state index contributed by atoms with van der Waals surface area (Å²) >= 11 is 3.52. The summed E-state index contributed by atoms with van der Waals surface area (Å²) in [4.78, 5) is 6.42. The van der Waals surface area contributed by atoms with Gasteiger partial charge in [0.15, 0.2) is 0 Å². The number of hydrogen-bond donors (Lipinski definition) is 0. The molecule has 0 saturated carbocycles. The lowest BCUT2D eigenvalue weighted by atomic mass is 10.0. The van der Waals surface area contributed by atoms with Crippen molar-refractivity contribution in [2.24, 2.45) is 0 Å². The van der Waals surface area contributed by atoms with E-state index in [1.54, 1.807) is 0 Å². The van der Waals surface area contributed by atoms with Crippen LogP contribution in [0.25, 0.3) is 0 Å². The molecule has 1 aromatic rings. The van der Waals surface area contributed by atoms with Crippen molar-refractivity contribution in [3.8, 4) is 0 Å². The quantitative estimate of drug-likeness (QED) is 0.675. The third kappa shape index (κ3) is 1.22. The number of pyridine rings is 1. The number of halogens is 1. The van der Waals surface area contributed by atoms with Crippen LogP contribution >= 0.6 is 15.9 Å². The Labute approximate surface area is 80.7 Å². The molecule has 0 aliphatic carbocycles. The Morgan fingerprint density at radius 3 is 3.08 bits per heavy atom. The van der Waals surface area contributed by atoms with Crippen molar-refractivity contribution in [2.45, 2.75) is 12.8 Å². The first-order valence-electron chi connectivity index (χ1n) is 4.12. The van der Waals surface area contributed by atoms with Gasteiger partial charge >= 0.3 is 0 Å². The highest BCUT2D eigenvalue weighted by atomic mass is 79.9. The fourth-order valence-corrected chi connectivity index (χ4v) is 2.16. The van der Waals surface area contributed by atoms with E-state index in [0.29, 0.717) is 0 Å². The fourth-order valence-electron chi connectivity index (χ4n) is 1.64. The van der Waals surface area contributed by atoms with Gasteiger partial charge in [-0.05, 0) is 34.3 Å². The first-order valence-corrected chi connectivity index (χ1v) is 4.92. The molecular formula is C9H11BrN2. The van der Waals surface area contributed by atoms with Crippen molar-refractivity contribution in [2.75, 3.05) is 18.5 Å². The molecule has 12 heavy (non-hydrogen) atoms. The lowest BCUT2D eigenvalue weighted by Crippen LogP contribution is -2.24. The van der Waals surface area contributed by atoms with Gasteiger partial charge < -0.3 is 4.90 Å². The summed E-state index contributed by atoms with van der Waals surface area (Å²) in [7, 11) is 2.12. The van der Waals surface area contributed by atoms with Crippen LogP contribution in [0.2, 0.25) is 0 Å². The Morgan fingerprint density at radius 2 is 2.33 bits per heavy atom. The van der Waals surface area contributed by atoms with Crippen molar-refractivity contribution in [3.05, 3.63) is 22.4 Å². The number of fused-ring (bicyclic) bond motifs is 1. The minimum Gasteiger partial charge on any atom is -0.373 e. The van der Waals surface area contributed by atoms with Gasteiger partial charge in [-0.15, -0.1) is 0 Å². The maximum atomic E-state index is 4.16. The Bertz CT molecular complexity index is 299. The molecule has 0 unspecified atom stereocenters. The topological polar surface area (TPSA) is 16.1 Å². The van der Waals surface area contributed by atoms with E-state index in [-0.39, 0.29) is 0 Å². The molecule has 0 amide bonds. The molecule has 1 aliphatic rings. The summed E-state index contributed by atoms with van der Waals surface area (Å²) in [6, 6.07) is 0. The molecule has 2 heterocycles. The van der Waals surface area contributed by atoms with E-state index in [4.69, 9.17) is 0 Å². The average molecular weight is 227 g/mol. The first kappa shape index (κ1) is 8.05. The zero-order valence-electron chi connectivity index (χ0n) is 7.05. The van der Waals surface area contributed by atoms with Crippen LogP contribution in [0.1, 0.15) is 12.0 Å². The zero-order valence-corrected chi connectivity index (χ0v) is 8.63. The summed E-state index contributed by atoms with van der Waals surface area (Å²) in [6.45, 7) is 1.14. The van der Waals surface area contributed by atoms with E-state index < -0.39 is 0 Å². The summed E-state index contributed by atoms with van der Waals surface area (Å²) in [5.74, 6) is 0. The Balaban J connectivity index is 2.52. The predicted octanol–water partition coefficient (Wildman–Crippen LogP) is 2.23. The fraction of sp³-hybridized carbons (Fsp3) is 0.444. The van der Waals surface area contributed by atoms with Crippen molar-refractivity contribution < 1.29 is 0 Å². The summed E-state index contributed by atoms with van der Waals surface area (Å²) in [5.41, 5.74) is 2.68. The van der Waals surface area contributed by atoms with Crippen molar-refractivity contribution in [3.63, 3.8) is 0 Å². The molecular weight excluding hydrogens is 216 g/mol. The molecule has 0 fully saturated rings. The van der Waals surface area contributed by atoms with Gasteiger partial charge in [-0.25, -0.2) is 0 Å². The lowest BCUT2D eigenvalue weighted by Gasteiger charge is -2.27. The molecule has 0 saturated heterocycles. The molecule has 1 aliphatic heterocycles. The van der Waals surface area contributed by atoms with Crippen molar-refractivity contribution in [1.29, 1.82) is 0 Å². The standard InChI is InChI=1S/C9H11BrN2/c1-12-4-2-3-7-8(10)5-11-6-9(7)12/h5-6H,2-4H2,1H3. The molecule has 1 aromatic heterocycles. The number of anilines is 1. The van der Waals surface area contributed by atoms with E-state index in [9.17, 15) is 0 Å². The predicted molar refractivity (Wildman–Crippen MR) is 53.5 cm³/mol. The highest BCUT2D eigenvalue weighted by molar-refractivity contribution is 9.10. The molecule has 0 atom stereocenters. The molecule has 0 aromatic carbocycles. The van der Waals surface area contributed by atoms with Gasteiger partial charge in [0.05, 0.1) is 11.9 Å². The second-order valence-electron chi connectivity index (χ2n) is 3.14. The van der Waals surface area contributed by atoms with Crippen LogP contribution in [0.3, 0.4) is 0 Å². The van der Waals surface area contributed by atoms with Crippen molar-refractivity contribution >= 4 is 21.6 Å². The van der Waals surface area contributed by atoms with Crippen LogP contribution in [0.5, 0.6) is 0 Å². The van der Waals surface area contributed by atoms with Gasteiger partial charge in [0, 0.05) is 24.3 Å². The molecule has 64 valence electrons. The second-order valence-corrected chi connectivity index (χ2v) is 4.00. The maximum Gasteiger partial charge on any atom is 0.0594 e. The number of nitrogens with zero attached hydrogens (tertiary/aromatic N) is 2. The number of hydrogen-bond acceptors (Lipinski definition) is 2. The first-order chi connectivity index (χ1) is 5.79. The average Bonchev–Trinajstić information content (AvgIpc) is 2.07. The van der Waals surface area contributed by atoms with Gasteiger partial charge in [0.1, 0.15) is 0 Å². The van der Waals surface area contributed by atoms with Crippen LogP contribution in [0.4, 0.5) is 5.69 Å². The monoisotopic (exact) mass is 226 g/mol. The SMILES string of the molecule is CN1CCCc2c(Br)cncc21. The lowest BCUT2D eigenvalue weighted by molar-refractivity contribution is 0.738. The maximum absolute atomic E-state index is 4.16. The molecule has 0 radical (unpaired) electrons. The smallest absolute Gasteiger partial charge is 0.0594 e. The largest absolute Gasteiger partial charge is 0.373 e. The van der Waals surface area contributed by atoms with Gasteiger partial charge in [0.25, 0.3) is 0 Å². The number of aromatic nitrogens is 1. The molecule has 3 heteroatoms. The Morgan fingerprint density at radius 1 is 1.50 bits per heavy atom. The van der Waals surface area contributed by atoms with Gasteiger partial charge in [0.2, 0.25) is 0 Å². The minimum absolute atomic E-state index is 1.14. The highest BCUT2D eigenvalue weighted by Gasteiger charge is 2.15. The van der Waals surface area contributed by atoms with E-state index in [0.717, 1.165) is 11.0 Å². The van der Waals surface area contributed by atoms with Gasteiger partial charge in [-0.1, -0.05) is 0 Å². The van der Waals surface area contributed by atoms with Crippen LogP contribution in [0.15, 0.2) is 16.9 Å². The van der Waals surface area contributed by atoms with E-state index in [1.165, 1.54) is 24.1 Å². The van der Waals surface area contributed by atoms with Gasteiger partial charge in [-0.2, -0.15) is 0 Å². The highest BCUT2D eigenvalue weighted by Crippen LogP contribution is 2.30. The minimum atomic E-state index is 1.14. The molecule has 2 nitrogen and oxygen atoms in total. The third-order valence-electron chi connectivity index (χ3n) is 2.31. The third-order valence-corrected chi connectivity index (χ3v) is 3.00. The Kier molecular flexibility index (Phi) is 2.05. The molecule has 0 N–H and O–H groups in total. The summed E-state index contributed by atoms with van der Waals surface area (Å²) in [6.07, 6.45) is 6.23. The van der Waals surface area contributed by atoms with E-state index in [2.05, 4.69) is 32.9 Å². The van der Waals surface area contributed by atoms with E-state index in [1.807, 2.05) is 12.4 Å². The van der Waals surface area contributed by atoms with E-state index >= 15 is 0 Å². The van der Waals surface area contributed by atoms with Crippen LogP contribution < -0.4 is 4.90 Å². The van der Waals surface area contributed by atoms with Crippen molar-refractivity contribution in [1.82, 2.24) is 4.98 Å². The molecule has 2 rings (SSSR count). The van der Waals surface area contributed by atoms with Gasteiger partial charge in [-0.3, -0.25) is 4.98 Å². The van der Waals surface area contributed by atoms with Crippen LogP contribution in [-0.2, 0) is 6.42 Å². The summed E-state index contributed by atoms with van der Waals surface area (Å²) in [5, 5.41) is 0. The normalized spacial score (nSPS) is 16.0.